The summed E-state index contributed by atoms with van der Waals surface area (Å²) in [7, 11) is -2.65. The fourth-order valence-corrected chi connectivity index (χ4v) is 6.21. The number of aryl methyl sites for hydroxylation is 1. The second kappa shape index (κ2) is 9.99. The molecule has 1 aliphatic rings. The van der Waals surface area contributed by atoms with Crippen LogP contribution in [0.25, 0.3) is 0 Å². The fraction of sp³-hybridized carbons (Fsp3) is 0.238. The number of thioether (sulfide) groups is 1. The molecule has 1 aromatic heterocycles. The highest BCUT2D eigenvalue weighted by Crippen LogP contribution is 2.38. The number of carbonyl (C=O) groups is 2. The molecule has 1 unspecified atom stereocenters. The van der Waals surface area contributed by atoms with E-state index in [1.165, 1.54) is 23.5 Å². The van der Waals surface area contributed by atoms with Crippen molar-refractivity contribution in [1.29, 1.82) is 0 Å². The Labute approximate surface area is 204 Å². The normalized spacial score (nSPS) is 15.2. The first kappa shape index (κ1) is 24.0. The van der Waals surface area contributed by atoms with Crippen LogP contribution in [0.4, 0.5) is 10.8 Å². The number of anilines is 2. The number of nitrogens with zero attached hydrogens (tertiary/aromatic N) is 3. The largest absolute Gasteiger partial charge is 0.476 e. The number of esters is 1. The number of fused-ring (bicyclic) bond motifs is 1. The standard InChI is InChI=1S/C21H20N4O6S3/c1-13-8-9-15-16(10-13)31-17(11-25(15)34(28,29)14-6-4-3-5-7-14)19(27)22-20-23-24-21(33-20)32-12-18(26)30-2/h3-10,17H,11-12H2,1-2H3,(H,22,23,27). The van der Waals surface area contributed by atoms with E-state index >= 15 is 0 Å². The van der Waals surface area contributed by atoms with Gasteiger partial charge in [0.2, 0.25) is 5.13 Å². The highest BCUT2D eigenvalue weighted by molar-refractivity contribution is 8.01. The Morgan fingerprint density at radius 3 is 2.74 bits per heavy atom. The quantitative estimate of drug-likeness (QED) is 0.284. The summed E-state index contributed by atoms with van der Waals surface area (Å²) in [4.78, 5) is 24.4. The molecule has 0 radical (unpaired) electrons. The Bertz CT molecular complexity index is 1310. The van der Waals surface area contributed by atoms with Gasteiger partial charge in [-0.15, -0.1) is 10.2 Å². The minimum absolute atomic E-state index is 0.0628. The van der Waals surface area contributed by atoms with Gasteiger partial charge in [0.25, 0.3) is 15.9 Å². The number of amides is 1. The van der Waals surface area contributed by atoms with Gasteiger partial charge in [-0.3, -0.25) is 19.2 Å². The molecule has 13 heteroatoms. The lowest BCUT2D eigenvalue weighted by Crippen LogP contribution is -2.48. The minimum Gasteiger partial charge on any atom is -0.476 e. The average Bonchev–Trinajstić information content (AvgIpc) is 3.29. The monoisotopic (exact) mass is 520 g/mol. The van der Waals surface area contributed by atoms with E-state index in [0.29, 0.717) is 10.0 Å². The molecular weight excluding hydrogens is 500 g/mol. The zero-order chi connectivity index (χ0) is 24.3. The molecule has 0 saturated heterocycles. The van der Waals surface area contributed by atoms with Gasteiger partial charge < -0.3 is 9.47 Å². The molecule has 34 heavy (non-hydrogen) atoms. The third kappa shape index (κ3) is 5.16. The number of rotatable bonds is 7. The Morgan fingerprint density at radius 2 is 2.00 bits per heavy atom. The first-order chi connectivity index (χ1) is 16.3. The van der Waals surface area contributed by atoms with Gasteiger partial charge in [-0.2, -0.15) is 0 Å². The van der Waals surface area contributed by atoms with E-state index in [-0.39, 0.29) is 28.1 Å². The maximum Gasteiger partial charge on any atom is 0.316 e. The third-order valence-corrected chi connectivity index (χ3v) is 8.53. The van der Waals surface area contributed by atoms with Crippen molar-refractivity contribution in [2.75, 3.05) is 29.0 Å². The molecule has 1 atom stereocenters. The third-order valence-electron chi connectivity index (χ3n) is 4.79. The summed E-state index contributed by atoms with van der Waals surface area (Å²) >= 11 is 2.21. The van der Waals surface area contributed by atoms with E-state index in [9.17, 15) is 18.0 Å². The van der Waals surface area contributed by atoms with Gasteiger partial charge in [0.05, 0.1) is 30.0 Å². The van der Waals surface area contributed by atoms with Crippen molar-refractivity contribution in [2.24, 2.45) is 0 Å². The molecule has 4 rings (SSSR count). The highest BCUT2D eigenvalue weighted by atomic mass is 32.2. The number of nitrogens with one attached hydrogen (secondary N) is 1. The Morgan fingerprint density at radius 1 is 1.24 bits per heavy atom. The average molecular weight is 521 g/mol. The molecule has 1 N–H and O–H groups in total. The number of carbonyl (C=O) groups excluding carboxylic acids is 2. The molecule has 1 amide bonds. The topological polar surface area (TPSA) is 128 Å². The van der Waals surface area contributed by atoms with Crippen molar-refractivity contribution in [3.63, 3.8) is 0 Å². The van der Waals surface area contributed by atoms with Crippen LogP contribution < -0.4 is 14.4 Å². The molecule has 1 aliphatic heterocycles. The Hall–Kier alpha value is -3.16. The van der Waals surface area contributed by atoms with E-state index in [2.05, 4.69) is 20.3 Å². The van der Waals surface area contributed by atoms with Crippen LogP contribution in [-0.4, -0.2) is 56.0 Å². The van der Waals surface area contributed by atoms with Crippen LogP contribution in [0.15, 0.2) is 57.8 Å². The molecule has 10 nitrogen and oxygen atoms in total. The number of ether oxygens (including phenoxy) is 2. The van der Waals surface area contributed by atoms with Gasteiger partial charge in [0, 0.05) is 0 Å². The van der Waals surface area contributed by atoms with E-state index in [0.717, 1.165) is 28.7 Å². The van der Waals surface area contributed by atoms with Crippen LogP contribution >= 0.6 is 23.1 Å². The number of methoxy groups -OCH3 is 1. The summed E-state index contributed by atoms with van der Waals surface area (Å²) in [5.41, 5.74) is 1.21. The van der Waals surface area contributed by atoms with Crippen molar-refractivity contribution in [1.82, 2.24) is 10.2 Å². The van der Waals surface area contributed by atoms with Crippen molar-refractivity contribution in [3.05, 3.63) is 54.1 Å². The molecule has 0 fully saturated rings. The van der Waals surface area contributed by atoms with Crippen LogP contribution in [0.3, 0.4) is 0 Å². The van der Waals surface area contributed by atoms with Crippen molar-refractivity contribution in [3.8, 4) is 5.75 Å². The summed E-state index contributed by atoms with van der Waals surface area (Å²) in [6, 6.07) is 13.1. The molecule has 0 spiro atoms. The fourth-order valence-electron chi connectivity index (χ4n) is 3.13. The molecule has 3 aromatic rings. The van der Waals surface area contributed by atoms with Crippen molar-refractivity contribution in [2.45, 2.75) is 22.3 Å². The van der Waals surface area contributed by atoms with Crippen LogP contribution in [0, 0.1) is 6.92 Å². The second-order valence-electron chi connectivity index (χ2n) is 7.15. The lowest BCUT2D eigenvalue weighted by atomic mass is 10.1. The number of hydrogen-bond donors (Lipinski definition) is 1. The minimum atomic E-state index is -3.94. The number of hydrogen-bond acceptors (Lipinski definition) is 10. The summed E-state index contributed by atoms with van der Waals surface area (Å²) in [6.45, 7) is 1.62. The predicted octanol–water partition coefficient (Wildman–Crippen LogP) is 2.71. The molecule has 0 aliphatic carbocycles. The van der Waals surface area contributed by atoms with Crippen LogP contribution in [0.2, 0.25) is 0 Å². The van der Waals surface area contributed by atoms with E-state index in [1.54, 1.807) is 36.4 Å². The SMILES string of the molecule is COC(=O)CSc1nnc(NC(=O)C2CN(S(=O)(=O)c3ccccc3)c3ccc(C)cc3O2)s1. The van der Waals surface area contributed by atoms with Crippen molar-refractivity contribution < 1.29 is 27.5 Å². The Kier molecular flexibility index (Phi) is 7.05. The maximum atomic E-state index is 13.4. The molecule has 0 saturated carbocycles. The van der Waals surface area contributed by atoms with E-state index < -0.39 is 28.0 Å². The van der Waals surface area contributed by atoms with Gasteiger partial charge in [-0.1, -0.05) is 47.4 Å². The zero-order valence-corrected chi connectivity index (χ0v) is 20.6. The molecule has 0 bridgehead atoms. The number of sulfonamides is 1. The van der Waals surface area contributed by atoms with Gasteiger partial charge in [0.1, 0.15) is 5.75 Å². The lowest BCUT2D eigenvalue weighted by molar-refractivity contribution is -0.137. The van der Waals surface area contributed by atoms with Crippen molar-refractivity contribution >= 4 is 55.8 Å². The molecule has 2 heterocycles. The van der Waals surface area contributed by atoms with Gasteiger partial charge in [-0.25, -0.2) is 8.42 Å². The Balaban J connectivity index is 1.56. The van der Waals surface area contributed by atoms with E-state index in [4.69, 9.17) is 4.74 Å². The van der Waals surface area contributed by atoms with Gasteiger partial charge in [-0.05, 0) is 36.8 Å². The molecule has 178 valence electrons. The molecular formula is C21H20N4O6S3. The zero-order valence-electron chi connectivity index (χ0n) is 18.1. The summed E-state index contributed by atoms with van der Waals surface area (Å²) in [5, 5.41) is 10.7. The predicted molar refractivity (Wildman–Crippen MR) is 128 cm³/mol. The maximum absolute atomic E-state index is 13.4. The number of aromatic nitrogens is 2. The van der Waals surface area contributed by atoms with Crippen LogP contribution in [0.1, 0.15) is 5.56 Å². The second-order valence-corrected chi connectivity index (χ2v) is 11.2. The smallest absolute Gasteiger partial charge is 0.316 e. The summed E-state index contributed by atoms with van der Waals surface area (Å²) < 4.78 is 38.9. The van der Waals surface area contributed by atoms with Crippen LogP contribution in [-0.2, 0) is 24.3 Å². The first-order valence-electron chi connectivity index (χ1n) is 9.97. The highest BCUT2D eigenvalue weighted by Gasteiger charge is 2.38. The summed E-state index contributed by atoms with van der Waals surface area (Å²) in [5.74, 6) is -0.624. The summed E-state index contributed by atoms with van der Waals surface area (Å²) in [6.07, 6.45) is -1.12. The van der Waals surface area contributed by atoms with Gasteiger partial charge >= 0.3 is 5.97 Å². The molecule has 2 aromatic carbocycles. The lowest BCUT2D eigenvalue weighted by Gasteiger charge is -2.34. The first-order valence-corrected chi connectivity index (χ1v) is 13.2. The van der Waals surface area contributed by atoms with Gasteiger partial charge in [0.15, 0.2) is 10.4 Å². The van der Waals surface area contributed by atoms with Crippen LogP contribution in [0.5, 0.6) is 5.75 Å². The van der Waals surface area contributed by atoms with E-state index in [1.807, 2.05) is 6.92 Å². The number of benzene rings is 2.